The number of nitriles is 1. The first-order chi connectivity index (χ1) is 4.80. The molecule has 3 aliphatic carbocycles. The quantitative estimate of drug-likeness (QED) is 0.515. The SMILES string of the molecule is N#C/C(=N/I)C12CC(C1)C2. The molecule has 3 rings (SSSR count). The van der Waals surface area contributed by atoms with Crippen molar-refractivity contribution in [2.24, 2.45) is 14.5 Å². The van der Waals surface area contributed by atoms with Crippen LogP contribution in [0.2, 0.25) is 0 Å². The van der Waals surface area contributed by atoms with E-state index in [2.05, 4.69) is 9.28 Å². The summed E-state index contributed by atoms with van der Waals surface area (Å²) >= 11 is 1.92. The Morgan fingerprint density at radius 1 is 1.60 bits per heavy atom. The van der Waals surface area contributed by atoms with Crippen LogP contribution in [0.15, 0.2) is 3.21 Å². The summed E-state index contributed by atoms with van der Waals surface area (Å²) in [7, 11) is 0. The van der Waals surface area contributed by atoms with Gasteiger partial charge >= 0.3 is 0 Å². The molecule has 3 aliphatic rings. The van der Waals surface area contributed by atoms with Crippen molar-refractivity contribution < 1.29 is 0 Å². The Hall–Kier alpha value is -0.110. The topological polar surface area (TPSA) is 36.1 Å². The summed E-state index contributed by atoms with van der Waals surface area (Å²) in [5.74, 6) is 0.932. The van der Waals surface area contributed by atoms with Gasteiger partial charge < -0.3 is 0 Å². The largest absolute Gasteiger partial charge is 0.208 e. The summed E-state index contributed by atoms with van der Waals surface area (Å²) in [4.78, 5) is 0. The molecule has 0 N–H and O–H groups in total. The second-order valence-corrected chi connectivity index (χ2v) is 3.79. The summed E-state index contributed by atoms with van der Waals surface area (Å²) in [5.41, 5.74) is 1.04. The van der Waals surface area contributed by atoms with Gasteiger partial charge in [0.05, 0.1) is 22.9 Å². The summed E-state index contributed by atoms with van der Waals surface area (Å²) in [6.45, 7) is 0. The fourth-order valence-corrected chi connectivity index (χ4v) is 2.62. The molecule has 2 bridgehead atoms. The lowest BCUT2D eigenvalue weighted by molar-refractivity contribution is -0.0388. The van der Waals surface area contributed by atoms with Crippen molar-refractivity contribution in [1.82, 2.24) is 0 Å². The van der Waals surface area contributed by atoms with Gasteiger partial charge in [0.2, 0.25) is 0 Å². The third-order valence-electron chi connectivity index (χ3n) is 2.73. The van der Waals surface area contributed by atoms with E-state index in [1.54, 1.807) is 0 Å². The predicted octanol–water partition coefficient (Wildman–Crippen LogP) is 2.10. The molecular weight excluding hydrogens is 239 g/mol. The van der Waals surface area contributed by atoms with E-state index >= 15 is 0 Å². The summed E-state index contributed by atoms with van der Waals surface area (Å²) in [5, 5.41) is 8.67. The van der Waals surface area contributed by atoms with E-state index in [0.717, 1.165) is 11.6 Å². The molecule has 0 aromatic carbocycles. The van der Waals surface area contributed by atoms with Crippen LogP contribution < -0.4 is 0 Å². The molecule has 0 unspecified atom stereocenters. The lowest BCUT2D eigenvalue weighted by Crippen LogP contribution is -2.56. The minimum absolute atomic E-state index is 0.264. The maximum absolute atomic E-state index is 8.67. The third kappa shape index (κ3) is 0.605. The Morgan fingerprint density at radius 2 is 2.20 bits per heavy atom. The van der Waals surface area contributed by atoms with Gasteiger partial charge in [0.15, 0.2) is 0 Å². The standard InChI is InChI=1S/C7H7IN2/c8-10-6(4-9)7-1-5(2-7)3-7/h5H,1-3H2/b10-6-. The van der Waals surface area contributed by atoms with Gasteiger partial charge in [-0.25, -0.2) is 3.21 Å². The smallest absolute Gasteiger partial charge is 0.130 e. The van der Waals surface area contributed by atoms with Crippen molar-refractivity contribution in [3.8, 4) is 6.07 Å². The number of rotatable bonds is 1. The summed E-state index contributed by atoms with van der Waals surface area (Å²) in [6.07, 6.45) is 3.67. The van der Waals surface area contributed by atoms with E-state index in [0.29, 0.717) is 0 Å². The van der Waals surface area contributed by atoms with Crippen LogP contribution in [0.1, 0.15) is 19.3 Å². The highest BCUT2D eigenvalue weighted by atomic mass is 127. The molecule has 52 valence electrons. The van der Waals surface area contributed by atoms with Crippen LogP contribution >= 0.6 is 22.9 Å². The highest BCUT2D eigenvalue weighted by Crippen LogP contribution is 2.65. The van der Waals surface area contributed by atoms with Crippen LogP contribution in [0.4, 0.5) is 0 Å². The van der Waals surface area contributed by atoms with Crippen LogP contribution in [-0.4, -0.2) is 5.71 Å². The Balaban J connectivity index is 2.19. The van der Waals surface area contributed by atoms with Crippen molar-refractivity contribution in [3.63, 3.8) is 0 Å². The van der Waals surface area contributed by atoms with E-state index < -0.39 is 0 Å². The average molecular weight is 246 g/mol. The molecular formula is C7H7IN2. The second kappa shape index (κ2) is 1.94. The third-order valence-corrected chi connectivity index (χ3v) is 3.21. The van der Waals surface area contributed by atoms with Gasteiger partial charge in [-0.1, -0.05) is 0 Å². The first kappa shape index (κ1) is 6.59. The number of halogens is 1. The van der Waals surface area contributed by atoms with Gasteiger partial charge in [0.25, 0.3) is 0 Å². The predicted molar refractivity (Wildman–Crippen MR) is 46.8 cm³/mol. The molecule has 0 saturated heterocycles. The van der Waals surface area contributed by atoms with Gasteiger partial charge in [0.1, 0.15) is 11.8 Å². The van der Waals surface area contributed by atoms with Gasteiger partial charge in [-0.05, 0) is 25.2 Å². The summed E-state index contributed by atoms with van der Waals surface area (Å²) in [6, 6.07) is 2.17. The van der Waals surface area contributed by atoms with Gasteiger partial charge in [-0.2, -0.15) is 5.26 Å². The van der Waals surface area contributed by atoms with Crippen molar-refractivity contribution in [2.75, 3.05) is 0 Å². The van der Waals surface area contributed by atoms with E-state index in [1.165, 1.54) is 19.3 Å². The van der Waals surface area contributed by atoms with Gasteiger partial charge in [-0.15, -0.1) is 0 Å². The first-order valence-corrected chi connectivity index (χ1v) is 4.37. The number of nitrogens with zero attached hydrogens (tertiary/aromatic N) is 2. The number of hydrogen-bond acceptors (Lipinski definition) is 2. The average Bonchev–Trinajstić information content (AvgIpc) is 1.74. The Morgan fingerprint density at radius 3 is 2.30 bits per heavy atom. The van der Waals surface area contributed by atoms with Crippen LogP contribution in [-0.2, 0) is 0 Å². The van der Waals surface area contributed by atoms with Crippen molar-refractivity contribution >= 4 is 28.6 Å². The Kier molecular flexibility index (Phi) is 1.28. The molecule has 0 radical (unpaired) electrons. The lowest BCUT2D eigenvalue weighted by Gasteiger charge is -2.60. The van der Waals surface area contributed by atoms with Crippen LogP contribution in [0, 0.1) is 22.7 Å². The molecule has 0 heterocycles. The molecule has 3 fully saturated rings. The molecule has 0 amide bonds. The fourth-order valence-electron chi connectivity index (χ4n) is 2.00. The molecule has 3 saturated carbocycles. The first-order valence-electron chi connectivity index (χ1n) is 3.40. The van der Waals surface area contributed by atoms with Crippen LogP contribution in [0.25, 0.3) is 0 Å². The van der Waals surface area contributed by atoms with E-state index in [9.17, 15) is 0 Å². The fraction of sp³-hybridized carbons (Fsp3) is 0.714. The molecule has 0 atom stereocenters. The monoisotopic (exact) mass is 246 g/mol. The maximum atomic E-state index is 8.67. The molecule has 3 heteroatoms. The zero-order valence-electron chi connectivity index (χ0n) is 5.47. The minimum Gasteiger partial charge on any atom is -0.208 e. The molecule has 0 aliphatic heterocycles. The van der Waals surface area contributed by atoms with Gasteiger partial charge in [-0.3, -0.25) is 0 Å². The highest BCUT2D eigenvalue weighted by Gasteiger charge is 2.59. The van der Waals surface area contributed by atoms with Crippen molar-refractivity contribution in [2.45, 2.75) is 19.3 Å². The maximum Gasteiger partial charge on any atom is 0.130 e. The molecule has 0 aromatic heterocycles. The van der Waals surface area contributed by atoms with Crippen molar-refractivity contribution in [3.05, 3.63) is 0 Å². The van der Waals surface area contributed by atoms with E-state index in [4.69, 9.17) is 5.26 Å². The van der Waals surface area contributed by atoms with Gasteiger partial charge in [0, 0.05) is 5.41 Å². The lowest BCUT2D eigenvalue weighted by atomic mass is 9.43. The van der Waals surface area contributed by atoms with Crippen LogP contribution in [0.3, 0.4) is 0 Å². The molecule has 0 aromatic rings. The minimum atomic E-state index is 0.264. The van der Waals surface area contributed by atoms with Crippen molar-refractivity contribution in [1.29, 1.82) is 5.26 Å². The summed E-state index contributed by atoms with van der Waals surface area (Å²) < 4.78 is 3.96. The molecule has 10 heavy (non-hydrogen) atoms. The normalized spacial score (nSPS) is 43.2. The van der Waals surface area contributed by atoms with E-state index in [-0.39, 0.29) is 5.41 Å². The molecule has 0 spiro atoms. The van der Waals surface area contributed by atoms with Crippen LogP contribution in [0.5, 0.6) is 0 Å². The number of hydrogen-bond donors (Lipinski definition) is 0. The second-order valence-electron chi connectivity index (χ2n) is 3.30. The molecule has 2 nitrogen and oxygen atoms in total. The highest BCUT2D eigenvalue weighted by molar-refractivity contribution is 14.1. The van der Waals surface area contributed by atoms with E-state index in [1.807, 2.05) is 22.9 Å². The zero-order valence-corrected chi connectivity index (χ0v) is 7.63. The Labute approximate surface area is 73.8 Å². The zero-order chi connectivity index (χ0) is 7.19. The Bertz CT molecular complexity index is 221.